The molecule has 0 spiro atoms. The first kappa shape index (κ1) is 16.1. The number of halogens is 1. The van der Waals surface area contributed by atoms with E-state index < -0.39 is 0 Å². The molecule has 1 heterocycles. The number of nitrogens with zero attached hydrogens (tertiary/aromatic N) is 1. The first-order valence-electron chi connectivity index (χ1n) is 7.23. The van der Waals surface area contributed by atoms with Gasteiger partial charge in [0.1, 0.15) is 12.4 Å². The van der Waals surface area contributed by atoms with E-state index in [1.165, 1.54) is 5.56 Å². The Kier molecular flexibility index (Phi) is 5.87. The van der Waals surface area contributed by atoms with Gasteiger partial charge in [-0.05, 0) is 33.6 Å². The summed E-state index contributed by atoms with van der Waals surface area (Å²) in [7, 11) is 0. The van der Waals surface area contributed by atoms with E-state index in [0.29, 0.717) is 19.2 Å². The molecule has 1 aliphatic heterocycles. The van der Waals surface area contributed by atoms with Crippen LogP contribution in [0.25, 0.3) is 0 Å². The third-order valence-electron chi connectivity index (χ3n) is 3.27. The van der Waals surface area contributed by atoms with E-state index in [9.17, 15) is 4.79 Å². The van der Waals surface area contributed by atoms with E-state index >= 15 is 0 Å². The quantitative estimate of drug-likeness (QED) is 0.789. The van der Waals surface area contributed by atoms with E-state index in [1.807, 2.05) is 6.07 Å². The van der Waals surface area contributed by atoms with Crippen molar-refractivity contribution in [3.8, 4) is 5.75 Å². The zero-order chi connectivity index (χ0) is 15.2. The van der Waals surface area contributed by atoms with E-state index in [4.69, 9.17) is 4.74 Å². The maximum absolute atomic E-state index is 11.4. The van der Waals surface area contributed by atoms with Crippen molar-refractivity contribution in [2.45, 2.75) is 26.4 Å². The van der Waals surface area contributed by atoms with Gasteiger partial charge in [-0.2, -0.15) is 0 Å². The molecule has 21 heavy (non-hydrogen) atoms. The molecule has 5 nitrogen and oxygen atoms in total. The van der Waals surface area contributed by atoms with Gasteiger partial charge in [-0.1, -0.05) is 19.9 Å². The molecule has 0 bridgehead atoms. The summed E-state index contributed by atoms with van der Waals surface area (Å²) < 4.78 is 6.68. The largest absolute Gasteiger partial charge is 0.491 e. The third kappa shape index (κ3) is 4.89. The first-order valence-corrected chi connectivity index (χ1v) is 8.03. The fourth-order valence-electron chi connectivity index (χ4n) is 2.08. The van der Waals surface area contributed by atoms with Crippen LogP contribution in [0.2, 0.25) is 0 Å². The van der Waals surface area contributed by atoms with Gasteiger partial charge in [0, 0.05) is 25.7 Å². The number of urea groups is 1. The topological polar surface area (TPSA) is 53.6 Å². The summed E-state index contributed by atoms with van der Waals surface area (Å²) in [4.78, 5) is 13.2. The van der Waals surface area contributed by atoms with Gasteiger partial charge in [0.2, 0.25) is 0 Å². The molecule has 2 rings (SSSR count). The minimum Gasteiger partial charge on any atom is -0.491 e. The zero-order valence-corrected chi connectivity index (χ0v) is 14.1. The van der Waals surface area contributed by atoms with Crippen molar-refractivity contribution in [2.75, 3.05) is 26.2 Å². The Morgan fingerprint density at radius 3 is 2.90 bits per heavy atom. The highest BCUT2D eigenvalue weighted by molar-refractivity contribution is 9.10. The van der Waals surface area contributed by atoms with Gasteiger partial charge in [-0.25, -0.2) is 4.79 Å². The average Bonchev–Trinajstić information content (AvgIpc) is 2.84. The molecule has 0 atom stereocenters. The molecule has 0 aliphatic carbocycles. The number of hydrogen-bond acceptors (Lipinski definition) is 3. The molecular weight excluding hydrogens is 334 g/mol. The molecule has 2 amide bonds. The van der Waals surface area contributed by atoms with Crippen LogP contribution in [0.4, 0.5) is 4.79 Å². The number of carbonyl (C=O) groups is 1. The van der Waals surface area contributed by atoms with Gasteiger partial charge < -0.3 is 20.3 Å². The summed E-state index contributed by atoms with van der Waals surface area (Å²) in [6.45, 7) is 7.67. The van der Waals surface area contributed by atoms with Gasteiger partial charge in [0.25, 0.3) is 0 Å². The van der Waals surface area contributed by atoms with Crippen LogP contribution in [0.15, 0.2) is 22.7 Å². The van der Waals surface area contributed by atoms with E-state index in [2.05, 4.69) is 52.5 Å². The molecule has 0 radical (unpaired) electrons. The average molecular weight is 356 g/mol. The highest BCUT2D eigenvalue weighted by Crippen LogP contribution is 2.26. The summed E-state index contributed by atoms with van der Waals surface area (Å²) in [5, 5.41) is 6.16. The molecule has 1 aliphatic rings. The molecule has 116 valence electrons. The van der Waals surface area contributed by atoms with Crippen LogP contribution in [-0.2, 0) is 6.54 Å². The van der Waals surface area contributed by atoms with Crippen LogP contribution in [0, 0.1) is 0 Å². The van der Waals surface area contributed by atoms with Crippen LogP contribution in [0.5, 0.6) is 5.75 Å². The number of benzene rings is 1. The maximum atomic E-state index is 11.4. The van der Waals surface area contributed by atoms with Crippen LogP contribution < -0.4 is 15.4 Å². The van der Waals surface area contributed by atoms with E-state index in [-0.39, 0.29) is 6.03 Å². The van der Waals surface area contributed by atoms with Gasteiger partial charge in [0.15, 0.2) is 0 Å². The summed E-state index contributed by atoms with van der Waals surface area (Å²) in [6.07, 6.45) is 0. The molecular formula is C15H22BrN3O2. The number of amides is 2. The number of carbonyl (C=O) groups excluding carboxylic acids is 1. The number of rotatable bonds is 7. The van der Waals surface area contributed by atoms with Crippen LogP contribution in [-0.4, -0.2) is 43.2 Å². The Hall–Kier alpha value is -1.27. The van der Waals surface area contributed by atoms with Crippen molar-refractivity contribution in [1.82, 2.24) is 15.5 Å². The zero-order valence-electron chi connectivity index (χ0n) is 12.5. The van der Waals surface area contributed by atoms with Crippen molar-refractivity contribution >= 4 is 22.0 Å². The third-order valence-corrected chi connectivity index (χ3v) is 3.89. The summed E-state index contributed by atoms with van der Waals surface area (Å²) in [5.41, 5.74) is 1.21. The Labute approximate surface area is 134 Å². The van der Waals surface area contributed by atoms with Crippen molar-refractivity contribution < 1.29 is 9.53 Å². The Balaban J connectivity index is 1.81. The predicted molar refractivity (Wildman–Crippen MR) is 86.6 cm³/mol. The lowest BCUT2D eigenvalue weighted by Crippen LogP contribution is -2.31. The molecule has 1 aromatic carbocycles. The van der Waals surface area contributed by atoms with Gasteiger partial charge in [-0.3, -0.25) is 0 Å². The monoisotopic (exact) mass is 355 g/mol. The lowest BCUT2D eigenvalue weighted by molar-refractivity contribution is 0.202. The SMILES string of the molecule is CC(C)NCc1ccc(OCCN2CCNC2=O)c(Br)c1. The normalized spacial score (nSPS) is 14.7. The minimum absolute atomic E-state index is 0.00669. The Morgan fingerprint density at radius 1 is 1.48 bits per heavy atom. The number of nitrogens with one attached hydrogen (secondary N) is 2. The number of ether oxygens (including phenoxy) is 1. The second kappa shape index (κ2) is 7.66. The lowest BCUT2D eigenvalue weighted by Gasteiger charge is -2.15. The summed E-state index contributed by atoms with van der Waals surface area (Å²) in [6, 6.07) is 6.54. The maximum Gasteiger partial charge on any atom is 0.317 e. The standard InChI is InChI=1S/C15H22BrN3O2/c1-11(2)18-10-12-3-4-14(13(16)9-12)21-8-7-19-6-5-17-15(19)20/h3-4,9,11,18H,5-8,10H2,1-2H3,(H,17,20). The highest BCUT2D eigenvalue weighted by Gasteiger charge is 2.18. The fraction of sp³-hybridized carbons (Fsp3) is 0.533. The van der Waals surface area contributed by atoms with Crippen molar-refractivity contribution in [2.24, 2.45) is 0 Å². The first-order chi connectivity index (χ1) is 10.1. The molecule has 0 aromatic heterocycles. The van der Waals surface area contributed by atoms with Crippen LogP contribution in [0.3, 0.4) is 0 Å². The molecule has 1 saturated heterocycles. The lowest BCUT2D eigenvalue weighted by atomic mass is 10.2. The predicted octanol–water partition coefficient (Wildman–Crippen LogP) is 2.35. The Morgan fingerprint density at radius 2 is 2.29 bits per heavy atom. The molecule has 1 fully saturated rings. The minimum atomic E-state index is -0.00669. The molecule has 2 N–H and O–H groups in total. The van der Waals surface area contributed by atoms with E-state index in [0.717, 1.165) is 29.9 Å². The van der Waals surface area contributed by atoms with Gasteiger partial charge in [-0.15, -0.1) is 0 Å². The summed E-state index contributed by atoms with van der Waals surface area (Å²) in [5.74, 6) is 0.808. The fourth-order valence-corrected chi connectivity index (χ4v) is 2.62. The van der Waals surface area contributed by atoms with Crippen molar-refractivity contribution in [3.05, 3.63) is 28.2 Å². The smallest absolute Gasteiger partial charge is 0.317 e. The highest BCUT2D eigenvalue weighted by atomic mass is 79.9. The van der Waals surface area contributed by atoms with Crippen molar-refractivity contribution in [3.63, 3.8) is 0 Å². The van der Waals surface area contributed by atoms with Crippen LogP contribution >= 0.6 is 15.9 Å². The van der Waals surface area contributed by atoms with Gasteiger partial charge >= 0.3 is 6.03 Å². The summed E-state index contributed by atoms with van der Waals surface area (Å²) >= 11 is 3.53. The molecule has 6 heteroatoms. The van der Waals surface area contributed by atoms with Gasteiger partial charge in [0.05, 0.1) is 11.0 Å². The number of hydrogen-bond donors (Lipinski definition) is 2. The van der Waals surface area contributed by atoms with Crippen molar-refractivity contribution in [1.29, 1.82) is 0 Å². The van der Waals surface area contributed by atoms with Crippen LogP contribution in [0.1, 0.15) is 19.4 Å². The second-order valence-corrected chi connectivity index (χ2v) is 6.22. The molecule has 1 aromatic rings. The molecule has 0 saturated carbocycles. The Bertz CT molecular complexity index is 494. The van der Waals surface area contributed by atoms with E-state index in [1.54, 1.807) is 4.90 Å². The second-order valence-electron chi connectivity index (χ2n) is 5.37. The molecule has 0 unspecified atom stereocenters.